The standard InChI is InChI=1S/C6H11NO.ClH/c1-8-6-3-2-4-7-5-6;/h2-3,6-7H,4-5H2,1H3;1H. The molecule has 1 aliphatic heterocycles. The Morgan fingerprint density at radius 3 is 2.78 bits per heavy atom. The van der Waals surface area contributed by atoms with E-state index in [1.807, 2.05) is 0 Å². The lowest BCUT2D eigenvalue weighted by atomic mass is 10.2. The largest absolute Gasteiger partial charge is 0.376 e. The van der Waals surface area contributed by atoms with E-state index in [0.717, 1.165) is 13.1 Å². The van der Waals surface area contributed by atoms with E-state index < -0.39 is 0 Å². The molecule has 2 nitrogen and oxygen atoms in total. The Labute approximate surface area is 61.7 Å². The minimum Gasteiger partial charge on any atom is -0.376 e. The summed E-state index contributed by atoms with van der Waals surface area (Å²) >= 11 is 0. The maximum Gasteiger partial charge on any atom is 0.0876 e. The van der Waals surface area contributed by atoms with Crippen molar-refractivity contribution in [2.75, 3.05) is 20.2 Å². The molecule has 9 heavy (non-hydrogen) atoms. The summed E-state index contributed by atoms with van der Waals surface area (Å²) in [4.78, 5) is 0. The molecule has 1 atom stereocenters. The molecule has 1 N–H and O–H groups in total. The number of halogens is 1. The van der Waals surface area contributed by atoms with Crippen LogP contribution < -0.4 is 5.32 Å². The van der Waals surface area contributed by atoms with Gasteiger partial charge in [0.1, 0.15) is 0 Å². The fourth-order valence-corrected chi connectivity index (χ4v) is 0.759. The quantitative estimate of drug-likeness (QED) is 0.551. The molecule has 0 amide bonds. The highest BCUT2D eigenvalue weighted by Gasteiger charge is 2.03. The minimum absolute atomic E-state index is 0. The number of hydrogen-bond acceptors (Lipinski definition) is 2. The molecule has 0 aromatic rings. The third-order valence-electron chi connectivity index (χ3n) is 1.26. The smallest absolute Gasteiger partial charge is 0.0876 e. The van der Waals surface area contributed by atoms with Gasteiger partial charge in [0.25, 0.3) is 0 Å². The van der Waals surface area contributed by atoms with E-state index in [-0.39, 0.29) is 12.4 Å². The second-order valence-corrected chi connectivity index (χ2v) is 1.86. The van der Waals surface area contributed by atoms with Crippen molar-refractivity contribution in [3.63, 3.8) is 0 Å². The van der Waals surface area contributed by atoms with E-state index in [2.05, 4.69) is 17.5 Å². The second kappa shape index (κ2) is 4.79. The lowest BCUT2D eigenvalue weighted by Gasteiger charge is -2.14. The summed E-state index contributed by atoms with van der Waals surface area (Å²) in [5, 5.41) is 3.17. The van der Waals surface area contributed by atoms with Crippen LogP contribution in [0.1, 0.15) is 0 Å². The highest BCUT2D eigenvalue weighted by molar-refractivity contribution is 5.85. The van der Waals surface area contributed by atoms with Gasteiger partial charge in [0.05, 0.1) is 6.10 Å². The van der Waals surface area contributed by atoms with Gasteiger partial charge >= 0.3 is 0 Å². The van der Waals surface area contributed by atoms with Gasteiger partial charge < -0.3 is 10.1 Å². The van der Waals surface area contributed by atoms with Crippen molar-refractivity contribution in [2.45, 2.75) is 6.10 Å². The SMILES string of the molecule is COC1C=CCNC1.Cl. The van der Waals surface area contributed by atoms with Gasteiger partial charge in [-0.05, 0) is 0 Å². The maximum atomic E-state index is 5.04. The van der Waals surface area contributed by atoms with Crippen molar-refractivity contribution in [1.29, 1.82) is 0 Å². The van der Waals surface area contributed by atoms with Crippen LogP contribution in [0.2, 0.25) is 0 Å². The van der Waals surface area contributed by atoms with Crippen LogP contribution in [0.15, 0.2) is 12.2 Å². The van der Waals surface area contributed by atoms with E-state index in [1.165, 1.54) is 0 Å². The molecule has 0 aromatic carbocycles. The van der Waals surface area contributed by atoms with Crippen molar-refractivity contribution in [2.24, 2.45) is 0 Å². The molecule has 54 valence electrons. The van der Waals surface area contributed by atoms with Crippen LogP contribution in [0.4, 0.5) is 0 Å². The van der Waals surface area contributed by atoms with E-state index in [9.17, 15) is 0 Å². The molecule has 0 bridgehead atoms. The zero-order valence-electron chi connectivity index (χ0n) is 5.46. The molecule has 1 rings (SSSR count). The number of nitrogens with one attached hydrogen (secondary N) is 1. The van der Waals surface area contributed by atoms with Crippen LogP contribution >= 0.6 is 12.4 Å². The topological polar surface area (TPSA) is 21.3 Å². The minimum atomic E-state index is 0. The molecular weight excluding hydrogens is 138 g/mol. The van der Waals surface area contributed by atoms with Crippen molar-refractivity contribution < 1.29 is 4.74 Å². The van der Waals surface area contributed by atoms with Gasteiger partial charge in [-0.25, -0.2) is 0 Å². The van der Waals surface area contributed by atoms with Gasteiger partial charge in [-0.3, -0.25) is 0 Å². The van der Waals surface area contributed by atoms with Gasteiger partial charge in [0.2, 0.25) is 0 Å². The third-order valence-corrected chi connectivity index (χ3v) is 1.26. The summed E-state index contributed by atoms with van der Waals surface area (Å²) in [6.07, 6.45) is 4.46. The highest BCUT2D eigenvalue weighted by atomic mass is 35.5. The van der Waals surface area contributed by atoms with E-state index in [0.29, 0.717) is 6.10 Å². The third kappa shape index (κ3) is 2.84. The lowest BCUT2D eigenvalue weighted by molar-refractivity contribution is 0.137. The Morgan fingerprint density at radius 2 is 2.44 bits per heavy atom. The van der Waals surface area contributed by atoms with Gasteiger partial charge in [0.15, 0.2) is 0 Å². The zero-order valence-corrected chi connectivity index (χ0v) is 6.28. The zero-order chi connectivity index (χ0) is 5.82. The predicted molar refractivity (Wildman–Crippen MR) is 40.1 cm³/mol. The summed E-state index contributed by atoms with van der Waals surface area (Å²) in [5.41, 5.74) is 0. The van der Waals surface area contributed by atoms with Gasteiger partial charge in [-0.2, -0.15) is 0 Å². The molecular formula is C6H12ClNO. The number of ether oxygens (including phenoxy) is 1. The average molecular weight is 150 g/mol. The van der Waals surface area contributed by atoms with Crippen LogP contribution in [0.5, 0.6) is 0 Å². The Morgan fingerprint density at radius 1 is 1.67 bits per heavy atom. The summed E-state index contributed by atoms with van der Waals surface area (Å²) in [7, 11) is 1.72. The molecule has 1 aliphatic rings. The Balaban J connectivity index is 0.000000640. The average Bonchev–Trinajstić information content (AvgIpc) is 1.90. The van der Waals surface area contributed by atoms with Crippen LogP contribution in [0, 0.1) is 0 Å². The first-order valence-corrected chi connectivity index (χ1v) is 2.83. The van der Waals surface area contributed by atoms with Gasteiger partial charge in [-0.15, -0.1) is 12.4 Å². The first kappa shape index (κ1) is 8.95. The van der Waals surface area contributed by atoms with Crippen molar-refractivity contribution in [3.8, 4) is 0 Å². The van der Waals surface area contributed by atoms with Crippen molar-refractivity contribution >= 4 is 12.4 Å². The van der Waals surface area contributed by atoms with Crippen LogP contribution in [-0.4, -0.2) is 26.3 Å². The number of methoxy groups -OCH3 is 1. The lowest BCUT2D eigenvalue weighted by Crippen LogP contribution is -2.30. The van der Waals surface area contributed by atoms with E-state index in [4.69, 9.17) is 4.74 Å². The van der Waals surface area contributed by atoms with E-state index in [1.54, 1.807) is 7.11 Å². The summed E-state index contributed by atoms with van der Waals surface area (Å²) in [5.74, 6) is 0. The Kier molecular flexibility index (Phi) is 4.77. The first-order valence-electron chi connectivity index (χ1n) is 2.83. The molecule has 0 aromatic heterocycles. The monoisotopic (exact) mass is 149 g/mol. The molecule has 0 spiro atoms. The summed E-state index contributed by atoms with van der Waals surface area (Å²) in [6.45, 7) is 1.94. The number of rotatable bonds is 1. The van der Waals surface area contributed by atoms with Crippen LogP contribution in [0.3, 0.4) is 0 Å². The highest BCUT2D eigenvalue weighted by Crippen LogP contribution is 1.93. The first-order chi connectivity index (χ1) is 3.93. The molecule has 0 saturated carbocycles. The Hall–Kier alpha value is -0.0500. The fraction of sp³-hybridized carbons (Fsp3) is 0.667. The number of hydrogen-bond donors (Lipinski definition) is 1. The predicted octanol–water partition coefficient (Wildman–Crippen LogP) is 0.583. The van der Waals surface area contributed by atoms with Crippen molar-refractivity contribution in [3.05, 3.63) is 12.2 Å². The molecule has 0 radical (unpaired) electrons. The molecule has 1 heterocycles. The Bertz CT molecular complexity index is 95.1. The van der Waals surface area contributed by atoms with E-state index >= 15 is 0 Å². The van der Waals surface area contributed by atoms with Crippen LogP contribution in [-0.2, 0) is 4.74 Å². The van der Waals surface area contributed by atoms with Crippen LogP contribution in [0.25, 0.3) is 0 Å². The normalized spacial score (nSPS) is 25.2. The van der Waals surface area contributed by atoms with Gasteiger partial charge in [-0.1, -0.05) is 12.2 Å². The molecule has 0 aliphatic carbocycles. The molecule has 3 heteroatoms. The molecule has 0 fully saturated rings. The molecule has 0 saturated heterocycles. The second-order valence-electron chi connectivity index (χ2n) is 1.86. The summed E-state index contributed by atoms with van der Waals surface area (Å²) in [6, 6.07) is 0. The summed E-state index contributed by atoms with van der Waals surface area (Å²) < 4.78 is 5.04. The fourth-order valence-electron chi connectivity index (χ4n) is 0.759. The van der Waals surface area contributed by atoms with Crippen molar-refractivity contribution in [1.82, 2.24) is 5.32 Å². The molecule has 1 unspecified atom stereocenters. The van der Waals surface area contributed by atoms with Gasteiger partial charge in [0, 0.05) is 20.2 Å². The maximum absolute atomic E-state index is 5.04.